The summed E-state index contributed by atoms with van der Waals surface area (Å²) in [5.41, 5.74) is 3.17. The summed E-state index contributed by atoms with van der Waals surface area (Å²) in [6.45, 7) is 3.95. The second-order valence-corrected chi connectivity index (χ2v) is 14.2. The standard InChI is InChI=1S/C39H45N3O5S/c1-3-47-35-23-25-36(26-24-35)48(45,46)42(34-17-11-6-12-18-34)29-38(43)41(28-32-21-19-30(2)20-22-32)37(27-31-13-7-4-8-14-31)39(44)40-33-15-9-5-10-16-33/h4,6-8,11-14,17-26,33,37H,3,5,9-10,15-16,27-29H2,1-2H3,(H,40,44)/t37-/m0/s1. The summed E-state index contributed by atoms with van der Waals surface area (Å²) in [5.74, 6) is -0.156. The van der Waals surface area contributed by atoms with Crippen molar-refractivity contribution in [2.45, 2.75) is 75.9 Å². The third kappa shape index (κ3) is 9.04. The van der Waals surface area contributed by atoms with E-state index in [1.807, 2.05) is 68.4 Å². The van der Waals surface area contributed by atoms with E-state index in [0.29, 0.717) is 18.0 Å². The number of benzene rings is 4. The minimum Gasteiger partial charge on any atom is -0.494 e. The van der Waals surface area contributed by atoms with Gasteiger partial charge in [0, 0.05) is 19.0 Å². The highest BCUT2D eigenvalue weighted by Gasteiger charge is 2.35. The molecule has 252 valence electrons. The SMILES string of the molecule is CCOc1ccc(S(=O)(=O)N(CC(=O)N(Cc2ccc(C)cc2)[C@@H](Cc2ccccc2)C(=O)NC2CCCCC2)c2ccccc2)cc1. The molecule has 8 nitrogen and oxygen atoms in total. The van der Waals surface area contributed by atoms with E-state index in [-0.39, 0.29) is 29.8 Å². The topological polar surface area (TPSA) is 96.0 Å². The molecule has 9 heteroatoms. The molecule has 0 aliphatic heterocycles. The lowest BCUT2D eigenvalue weighted by atomic mass is 9.94. The quantitative estimate of drug-likeness (QED) is 0.162. The number of carbonyl (C=O) groups is 2. The number of hydrogen-bond donors (Lipinski definition) is 1. The average Bonchev–Trinajstić information content (AvgIpc) is 3.11. The van der Waals surface area contributed by atoms with Crippen molar-refractivity contribution in [2.24, 2.45) is 0 Å². The van der Waals surface area contributed by atoms with E-state index in [9.17, 15) is 18.0 Å². The van der Waals surface area contributed by atoms with Gasteiger partial charge in [-0.1, -0.05) is 97.6 Å². The lowest BCUT2D eigenvalue weighted by Gasteiger charge is -2.35. The van der Waals surface area contributed by atoms with Gasteiger partial charge in [0.05, 0.1) is 17.2 Å². The van der Waals surface area contributed by atoms with Gasteiger partial charge in [0.2, 0.25) is 11.8 Å². The van der Waals surface area contributed by atoms with Crippen molar-refractivity contribution < 1.29 is 22.7 Å². The normalized spacial score (nSPS) is 14.1. The Balaban J connectivity index is 1.53. The molecular formula is C39H45N3O5S. The third-order valence-electron chi connectivity index (χ3n) is 8.74. The van der Waals surface area contributed by atoms with Crippen LogP contribution in [0.4, 0.5) is 5.69 Å². The Morgan fingerprint density at radius 1 is 0.812 bits per heavy atom. The molecule has 4 aromatic carbocycles. The molecule has 0 aromatic heterocycles. The molecule has 1 saturated carbocycles. The van der Waals surface area contributed by atoms with Crippen LogP contribution in [-0.4, -0.2) is 50.4 Å². The highest BCUT2D eigenvalue weighted by molar-refractivity contribution is 7.92. The van der Waals surface area contributed by atoms with Crippen LogP contribution in [0, 0.1) is 6.92 Å². The molecule has 4 aromatic rings. The van der Waals surface area contributed by atoms with Crippen LogP contribution >= 0.6 is 0 Å². The Kier molecular flexibility index (Phi) is 11.9. The fraction of sp³-hybridized carbons (Fsp3) is 0.333. The number of nitrogens with one attached hydrogen (secondary N) is 1. The summed E-state index contributed by atoms with van der Waals surface area (Å²) >= 11 is 0. The van der Waals surface area contributed by atoms with Crippen molar-refractivity contribution >= 4 is 27.5 Å². The van der Waals surface area contributed by atoms with Crippen LogP contribution in [0.1, 0.15) is 55.7 Å². The van der Waals surface area contributed by atoms with Gasteiger partial charge in [-0.25, -0.2) is 8.42 Å². The summed E-state index contributed by atoms with van der Waals surface area (Å²) in [6.07, 6.45) is 5.34. The Morgan fingerprint density at radius 3 is 2.06 bits per heavy atom. The molecular weight excluding hydrogens is 623 g/mol. The zero-order chi connectivity index (χ0) is 33.9. The van der Waals surface area contributed by atoms with Crippen molar-refractivity contribution in [2.75, 3.05) is 17.5 Å². The molecule has 1 atom stereocenters. The summed E-state index contributed by atoms with van der Waals surface area (Å²) in [6, 6.07) is 31.4. The summed E-state index contributed by atoms with van der Waals surface area (Å²) in [5, 5.41) is 3.25. The van der Waals surface area contributed by atoms with E-state index in [1.54, 1.807) is 47.4 Å². The second kappa shape index (κ2) is 16.5. The van der Waals surface area contributed by atoms with Crippen molar-refractivity contribution in [3.63, 3.8) is 0 Å². The molecule has 1 aliphatic carbocycles. The molecule has 0 bridgehead atoms. The van der Waals surface area contributed by atoms with Gasteiger partial charge in [0.25, 0.3) is 10.0 Å². The maximum atomic E-state index is 14.7. The van der Waals surface area contributed by atoms with Gasteiger partial charge in [-0.05, 0) is 74.2 Å². The molecule has 0 unspecified atom stereocenters. The molecule has 0 spiro atoms. The molecule has 1 fully saturated rings. The molecule has 0 radical (unpaired) electrons. The average molecular weight is 668 g/mol. The first kappa shape index (κ1) is 34.7. The van der Waals surface area contributed by atoms with E-state index >= 15 is 0 Å². The first-order valence-electron chi connectivity index (χ1n) is 16.7. The highest BCUT2D eigenvalue weighted by atomic mass is 32.2. The van der Waals surface area contributed by atoms with Crippen LogP contribution in [0.3, 0.4) is 0 Å². The lowest BCUT2D eigenvalue weighted by Crippen LogP contribution is -2.55. The summed E-state index contributed by atoms with van der Waals surface area (Å²) in [7, 11) is -4.19. The second-order valence-electron chi connectivity index (χ2n) is 12.3. The minimum atomic E-state index is -4.19. The van der Waals surface area contributed by atoms with Crippen molar-refractivity contribution in [1.29, 1.82) is 0 Å². The van der Waals surface area contributed by atoms with Crippen LogP contribution in [0.2, 0.25) is 0 Å². The minimum absolute atomic E-state index is 0.0311. The van der Waals surface area contributed by atoms with Crippen LogP contribution in [0.5, 0.6) is 5.75 Å². The number of hydrogen-bond acceptors (Lipinski definition) is 5. The zero-order valence-electron chi connectivity index (χ0n) is 27.8. The molecule has 1 N–H and O–H groups in total. The molecule has 1 aliphatic rings. The molecule has 0 heterocycles. The predicted molar refractivity (Wildman–Crippen MR) is 189 cm³/mol. The Labute approximate surface area is 284 Å². The third-order valence-corrected chi connectivity index (χ3v) is 10.5. The van der Waals surface area contributed by atoms with Gasteiger partial charge in [-0.15, -0.1) is 0 Å². The van der Waals surface area contributed by atoms with Crippen molar-refractivity contribution in [1.82, 2.24) is 10.2 Å². The smallest absolute Gasteiger partial charge is 0.264 e. The first-order valence-corrected chi connectivity index (χ1v) is 18.2. The van der Waals surface area contributed by atoms with Crippen LogP contribution in [-0.2, 0) is 32.6 Å². The maximum absolute atomic E-state index is 14.7. The molecule has 5 rings (SSSR count). The number of para-hydroxylation sites is 1. The fourth-order valence-electron chi connectivity index (χ4n) is 6.11. The van der Waals surface area contributed by atoms with Gasteiger partial charge in [0.15, 0.2) is 0 Å². The fourth-order valence-corrected chi connectivity index (χ4v) is 7.53. The predicted octanol–water partition coefficient (Wildman–Crippen LogP) is 6.68. The number of anilines is 1. The maximum Gasteiger partial charge on any atom is 0.264 e. The number of amides is 2. The number of ether oxygens (including phenoxy) is 1. The summed E-state index contributed by atoms with van der Waals surface area (Å²) in [4.78, 5) is 30.5. The van der Waals surface area contributed by atoms with Gasteiger partial charge in [0.1, 0.15) is 18.3 Å². The Hall–Kier alpha value is -4.63. The molecule has 2 amide bonds. The number of carbonyl (C=O) groups excluding carboxylic acids is 2. The van der Waals surface area contributed by atoms with Gasteiger partial charge in [-0.2, -0.15) is 0 Å². The van der Waals surface area contributed by atoms with E-state index < -0.39 is 28.5 Å². The van der Waals surface area contributed by atoms with Crippen LogP contribution in [0.15, 0.2) is 114 Å². The first-order chi connectivity index (χ1) is 23.2. The van der Waals surface area contributed by atoms with Gasteiger partial charge < -0.3 is 15.0 Å². The molecule has 0 saturated heterocycles. The van der Waals surface area contributed by atoms with Gasteiger partial charge in [-0.3, -0.25) is 13.9 Å². The van der Waals surface area contributed by atoms with Crippen LogP contribution < -0.4 is 14.4 Å². The largest absolute Gasteiger partial charge is 0.494 e. The van der Waals surface area contributed by atoms with E-state index in [2.05, 4.69) is 5.32 Å². The van der Waals surface area contributed by atoms with Crippen molar-refractivity contribution in [3.05, 3.63) is 126 Å². The van der Waals surface area contributed by atoms with E-state index in [1.165, 1.54) is 12.1 Å². The summed E-state index contributed by atoms with van der Waals surface area (Å²) < 4.78 is 35.2. The highest BCUT2D eigenvalue weighted by Crippen LogP contribution is 2.27. The number of aryl methyl sites for hydroxylation is 1. The monoisotopic (exact) mass is 667 g/mol. The van der Waals surface area contributed by atoms with Crippen molar-refractivity contribution in [3.8, 4) is 5.75 Å². The lowest BCUT2D eigenvalue weighted by molar-refractivity contribution is -0.140. The van der Waals surface area contributed by atoms with E-state index in [0.717, 1.165) is 53.1 Å². The van der Waals surface area contributed by atoms with Crippen LogP contribution in [0.25, 0.3) is 0 Å². The molecule has 48 heavy (non-hydrogen) atoms. The Bertz CT molecular complexity index is 1720. The zero-order valence-corrected chi connectivity index (χ0v) is 28.6. The number of rotatable bonds is 14. The Morgan fingerprint density at radius 2 is 1.44 bits per heavy atom. The van der Waals surface area contributed by atoms with E-state index in [4.69, 9.17) is 4.74 Å². The van der Waals surface area contributed by atoms with Gasteiger partial charge >= 0.3 is 0 Å². The number of sulfonamides is 1. The number of nitrogens with zero attached hydrogens (tertiary/aromatic N) is 2.